The van der Waals surface area contributed by atoms with Gasteiger partial charge in [-0.3, -0.25) is 4.90 Å². The van der Waals surface area contributed by atoms with Gasteiger partial charge in [0, 0.05) is 36.8 Å². The SMILES string of the molecule is CC(C)n1nncc1-c1cc(-c2cccc(CN3CC[C@@H](O)C3)c2)n2ncnc(N)c12. The van der Waals surface area contributed by atoms with E-state index in [4.69, 9.17) is 5.73 Å². The fraction of sp³-hybridized carbons (Fsp3) is 0.364. The Labute approximate surface area is 180 Å². The first-order chi connectivity index (χ1) is 15.0. The molecule has 31 heavy (non-hydrogen) atoms. The molecule has 0 amide bonds. The second-order valence-electron chi connectivity index (χ2n) is 8.38. The fourth-order valence-electron chi connectivity index (χ4n) is 4.33. The van der Waals surface area contributed by atoms with E-state index in [9.17, 15) is 5.11 Å². The summed E-state index contributed by atoms with van der Waals surface area (Å²) in [6.45, 7) is 6.58. The van der Waals surface area contributed by atoms with Crippen LogP contribution in [0.1, 0.15) is 31.9 Å². The van der Waals surface area contributed by atoms with Crippen LogP contribution >= 0.6 is 0 Å². The third-order valence-electron chi connectivity index (χ3n) is 5.80. The molecule has 3 N–H and O–H groups in total. The van der Waals surface area contributed by atoms with Gasteiger partial charge in [0.25, 0.3) is 0 Å². The molecule has 1 saturated heterocycles. The van der Waals surface area contributed by atoms with E-state index >= 15 is 0 Å². The highest BCUT2D eigenvalue weighted by atomic mass is 16.3. The van der Waals surface area contributed by atoms with E-state index in [1.54, 1.807) is 6.20 Å². The van der Waals surface area contributed by atoms with E-state index in [-0.39, 0.29) is 12.1 Å². The molecule has 9 heteroatoms. The zero-order chi connectivity index (χ0) is 21.5. The molecule has 0 radical (unpaired) electrons. The van der Waals surface area contributed by atoms with Crippen LogP contribution in [0.5, 0.6) is 0 Å². The highest BCUT2D eigenvalue weighted by Crippen LogP contribution is 2.35. The van der Waals surface area contributed by atoms with Gasteiger partial charge in [0.2, 0.25) is 0 Å². The Balaban J connectivity index is 1.61. The molecule has 1 aliphatic rings. The van der Waals surface area contributed by atoms with Crippen molar-refractivity contribution in [3.8, 4) is 22.5 Å². The predicted molar refractivity (Wildman–Crippen MR) is 118 cm³/mol. The minimum Gasteiger partial charge on any atom is -0.392 e. The molecular formula is C22H26N8O. The molecule has 4 heterocycles. The van der Waals surface area contributed by atoms with Gasteiger partial charge in [-0.25, -0.2) is 14.2 Å². The van der Waals surface area contributed by atoms with E-state index in [0.29, 0.717) is 5.82 Å². The summed E-state index contributed by atoms with van der Waals surface area (Å²) in [7, 11) is 0. The molecule has 3 aromatic heterocycles. The van der Waals surface area contributed by atoms with Crippen LogP contribution in [0.3, 0.4) is 0 Å². The number of likely N-dealkylation sites (tertiary alicyclic amines) is 1. The molecule has 1 atom stereocenters. The van der Waals surface area contributed by atoms with Gasteiger partial charge in [0.1, 0.15) is 11.8 Å². The number of rotatable bonds is 5. The fourth-order valence-corrected chi connectivity index (χ4v) is 4.33. The average Bonchev–Trinajstić information content (AvgIpc) is 3.46. The molecule has 4 aromatic rings. The average molecular weight is 419 g/mol. The molecule has 1 aliphatic heterocycles. The molecule has 0 unspecified atom stereocenters. The van der Waals surface area contributed by atoms with E-state index in [1.165, 1.54) is 11.9 Å². The summed E-state index contributed by atoms with van der Waals surface area (Å²) in [6.07, 6.45) is 3.84. The molecule has 0 saturated carbocycles. The normalized spacial score (nSPS) is 17.2. The van der Waals surface area contributed by atoms with E-state index in [1.807, 2.05) is 9.20 Å². The summed E-state index contributed by atoms with van der Waals surface area (Å²) in [5, 5.41) is 22.7. The summed E-state index contributed by atoms with van der Waals surface area (Å²) < 4.78 is 3.72. The minimum absolute atomic E-state index is 0.154. The lowest BCUT2D eigenvalue weighted by molar-refractivity contribution is 0.175. The maximum absolute atomic E-state index is 9.83. The Kier molecular flexibility index (Phi) is 4.91. The van der Waals surface area contributed by atoms with Crippen LogP contribution in [-0.4, -0.2) is 58.8 Å². The molecular weight excluding hydrogens is 392 g/mol. The van der Waals surface area contributed by atoms with Crippen molar-refractivity contribution in [1.29, 1.82) is 0 Å². The first-order valence-electron chi connectivity index (χ1n) is 10.5. The quantitative estimate of drug-likeness (QED) is 0.512. The number of benzene rings is 1. The number of nitrogens with two attached hydrogens (primary N) is 1. The number of fused-ring (bicyclic) bond motifs is 1. The van der Waals surface area contributed by atoms with Crippen LogP contribution in [0.25, 0.3) is 28.0 Å². The third kappa shape index (κ3) is 3.55. The zero-order valence-corrected chi connectivity index (χ0v) is 17.7. The Morgan fingerprint density at radius 3 is 2.87 bits per heavy atom. The Bertz CT molecular complexity index is 1230. The maximum atomic E-state index is 9.83. The van der Waals surface area contributed by atoms with Gasteiger partial charge in [0.15, 0.2) is 5.82 Å². The van der Waals surface area contributed by atoms with Crippen molar-refractivity contribution in [2.75, 3.05) is 18.8 Å². The first kappa shape index (κ1) is 19.7. The van der Waals surface area contributed by atoms with Crippen molar-refractivity contribution in [2.45, 2.75) is 39.0 Å². The van der Waals surface area contributed by atoms with Crippen LogP contribution < -0.4 is 5.73 Å². The number of aromatic nitrogens is 6. The Morgan fingerprint density at radius 2 is 2.10 bits per heavy atom. The zero-order valence-electron chi connectivity index (χ0n) is 17.7. The van der Waals surface area contributed by atoms with Crippen LogP contribution in [0.4, 0.5) is 5.82 Å². The van der Waals surface area contributed by atoms with Crippen molar-refractivity contribution in [1.82, 2.24) is 34.5 Å². The first-order valence-corrected chi connectivity index (χ1v) is 10.5. The smallest absolute Gasteiger partial charge is 0.152 e. The lowest BCUT2D eigenvalue weighted by Gasteiger charge is -2.15. The molecule has 5 rings (SSSR count). The van der Waals surface area contributed by atoms with Gasteiger partial charge in [-0.1, -0.05) is 23.4 Å². The topological polar surface area (TPSA) is 110 Å². The van der Waals surface area contributed by atoms with E-state index in [0.717, 1.165) is 54.1 Å². The predicted octanol–water partition coefficient (Wildman–Crippen LogP) is 2.38. The summed E-state index contributed by atoms with van der Waals surface area (Å²) >= 11 is 0. The summed E-state index contributed by atoms with van der Waals surface area (Å²) in [5.41, 5.74) is 12.0. The van der Waals surface area contributed by atoms with E-state index in [2.05, 4.69) is 69.5 Å². The number of hydrogen-bond acceptors (Lipinski definition) is 7. The molecule has 9 nitrogen and oxygen atoms in total. The molecule has 1 fully saturated rings. The van der Waals surface area contributed by atoms with Crippen molar-refractivity contribution in [3.63, 3.8) is 0 Å². The number of anilines is 1. The molecule has 1 aromatic carbocycles. The Morgan fingerprint density at radius 1 is 1.23 bits per heavy atom. The number of aliphatic hydroxyl groups excluding tert-OH is 1. The minimum atomic E-state index is -0.223. The summed E-state index contributed by atoms with van der Waals surface area (Å²) in [5.74, 6) is 0.412. The summed E-state index contributed by atoms with van der Waals surface area (Å²) in [6, 6.07) is 10.7. The third-order valence-corrected chi connectivity index (χ3v) is 5.80. The monoisotopic (exact) mass is 418 g/mol. The molecule has 160 valence electrons. The number of nitrogen functional groups attached to an aromatic ring is 1. The van der Waals surface area contributed by atoms with Crippen molar-refractivity contribution < 1.29 is 5.11 Å². The van der Waals surface area contributed by atoms with Crippen LogP contribution in [0.15, 0.2) is 42.9 Å². The van der Waals surface area contributed by atoms with Gasteiger partial charge in [-0.05, 0) is 38.0 Å². The number of aliphatic hydroxyl groups is 1. The highest BCUT2D eigenvalue weighted by molar-refractivity contribution is 5.90. The highest BCUT2D eigenvalue weighted by Gasteiger charge is 2.22. The van der Waals surface area contributed by atoms with Gasteiger partial charge in [-0.15, -0.1) is 5.10 Å². The standard InChI is InChI=1S/C22H26N8O/c1-14(2)29-20(10-25-27-29)18-9-19(30-21(18)22(23)24-13-26-30)16-5-3-4-15(8-16)11-28-7-6-17(31)12-28/h3-5,8-10,13-14,17,31H,6-7,11-12H2,1-2H3,(H2,23,24,26)/t17-/m1/s1. The number of nitrogens with zero attached hydrogens (tertiary/aromatic N) is 7. The maximum Gasteiger partial charge on any atom is 0.152 e. The molecule has 0 spiro atoms. The van der Waals surface area contributed by atoms with Crippen molar-refractivity contribution >= 4 is 11.3 Å². The number of β-amino-alcohol motifs (C(OH)–C–C–N with tert-alkyl or cyclic N) is 1. The van der Waals surface area contributed by atoms with Gasteiger partial charge >= 0.3 is 0 Å². The lowest BCUT2D eigenvalue weighted by Crippen LogP contribution is -2.21. The van der Waals surface area contributed by atoms with Gasteiger partial charge < -0.3 is 10.8 Å². The number of hydrogen-bond donors (Lipinski definition) is 2. The largest absolute Gasteiger partial charge is 0.392 e. The van der Waals surface area contributed by atoms with Crippen molar-refractivity contribution in [2.24, 2.45) is 0 Å². The second kappa shape index (κ2) is 7.75. The second-order valence-corrected chi connectivity index (χ2v) is 8.38. The molecule has 0 bridgehead atoms. The van der Waals surface area contributed by atoms with Crippen LogP contribution in [0, 0.1) is 0 Å². The summed E-state index contributed by atoms with van der Waals surface area (Å²) in [4.78, 5) is 6.49. The van der Waals surface area contributed by atoms with Crippen LogP contribution in [-0.2, 0) is 6.54 Å². The molecule has 0 aliphatic carbocycles. The lowest BCUT2D eigenvalue weighted by atomic mass is 10.1. The van der Waals surface area contributed by atoms with Gasteiger partial charge in [-0.2, -0.15) is 5.10 Å². The van der Waals surface area contributed by atoms with Crippen LogP contribution in [0.2, 0.25) is 0 Å². The van der Waals surface area contributed by atoms with Gasteiger partial charge in [0.05, 0.1) is 23.7 Å². The van der Waals surface area contributed by atoms with Crippen molar-refractivity contribution in [3.05, 3.63) is 48.4 Å². The Hall–Kier alpha value is -3.30. The van der Waals surface area contributed by atoms with E-state index < -0.39 is 0 Å².